The molecular formula is C29H60O7Si3. The third-order valence-corrected chi connectivity index (χ3v) is 23.3. The molecule has 0 aromatic rings. The van der Waals surface area contributed by atoms with Crippen LogP contribution in [0.2, 0.25) is 54.4 Å². The Hall–Kier alpha value is -0.369. The van der Waals surface area contributed by atoms with Gasteiger partial charge in [-0.25, -0.2) is 0 Å². The Morgan fingerprint density at radius 3 is 1.41 bits per heavy atom. The quantitative estimate of drug-likeness (QED) is 0.199. The van der Waals surface area contributed by atoms with Crippen molar-refractivity contribution >= 4 is 36.7 Å². The van der Waals surface area contributed by atoms with Crippen LogP contribution in [-0.4, -0.2) is 73.8 Å². The Kier molecular flexibility index (Phi) is 11.0. The second-order valence-corrected chi connectivity index (χ2v) is 30.3. The van der Waals surface area contributed by atoms with Gasteiger partial charge in [0.05, 0.1) is 25.7 Å². The minimum atomic E-state index is -2.49. The first-order valence-electron chi connectivity index (χ1n) is 14.4. The third kappa shape index (κ3) is 7.93. The van der Waals surface area contributed by atoms with Gasteiger partial charge in [0.25, 0.3) is 0 Å². The number of esters is 1. The van der Waals surface area contributed by atoms with Crippen LogP contribution < -0.4 is 0 Å². The Balaban J connectivity index is 4.03. The molecule has 39 heavy (non-hydrogen) atoms. The van der Waals surface area contributed by atoms with Gasteiger partial charge in [-0.3, -0.25) is 9.59 Å². The molecule has 10 heteroatoms. The van der Waals surface area contributed by atoms with Crippen molar-refractivity contribution in [2.24, 2.45) is 0 Å². The maximum Gasteiger partial charge on any atom is 0.309 e. The first kappa shape index (κ1) is 36.7. The van der Waals surface area contributed by atoms with Crippen LogP contribution in [0.1, 0.15) is 82.6 Å². The monoisotopic (exact) mass is 604 g/mol. The molecule has 1 rings (SSSR count). The van der Waals surface area contributed by atoms with E-state index in [0.717, 1.165) is 0 Å². The van der Waals surface area contributed by atoms with E-state index in [-0.39, 0.29) is 27.3 Å². The largest absolute Gasteiger partial charge is 0.469 e. The summed E-state index contributed by atoms with van der Waals surface area (Å²) in [4.78, 5) is 26.5. The fraction of sp³-hybridized carbons (Fsp3) is 0.931. The van der Waals surface area contributed by atoms with Crippen molar-refractivity contribution in [3.8, 4) is 0 Å². The summed E-state index contributed by atoms with van der Waals surface area (Å²) in [6.07, 6.45) is -2.67. The van der Waals surface area contributed by atoms with E-state index in [1.807, 2.05) is 6.92 Å². The van der Waals surface area contributed by atoms with Gasteiger partial charge in [-0.1, -0.05) is 62.3 Å². The van der Waals surface area contributed by atoms with Gasteiger partial charge in [-0.05, 0) is 68.2 Å². The minimum absolute atomic E-state index is 0.0504. The number of hydrogen-bond donors (Lipinski definition) is 0. The average Bonchev–Trinajstić information content (AvgIpc) is 2.70. The molecule has 7 nitrogen and oxygen atoms in total. The normalized spacial score (nSPS) is 27.8. The van der Waals surface area contributed by atoms with Gasteiger partial charge in [0.15, 0.2) is 36.3 Å². The Bertz CT molecular complexity index is 881. The molecule has 0 saturated carbocycles. The number of ether oxygens (including phenoxy) is 2. The van der Waals surface area contributed by atoms with Gasteiger partial charge in [-0.15, -0.1) is 0 Å². The molecule has 0 radical (unpaired) electrons. The van der Waals surface area contributed by atoms with Crippen LogP contribution in [0.15, 0.2) is 0 Å². The summed E-state index contributed by atoms with van der Waals surface area (Å²) >= 11 is 0. The van der Waals surface area contributed by atoms with Crippen molar-refractivity contribution in [3.63, 3.8) is 0 Å². The number of methoxy groups -OCH3 is 1. The van der Waals surface area contributed by atoms with Crippen molar-refractivity contribution in [3.05, 3.63) is 0 Å². The van der Waals surface area contributed by atoms with E-state index in [9.17, 15) is 9.59 Å². The van der Waals surface area contributed by atoms with Crippen LogP contribution in [-0.2, 0) is 32.3 Å². The second-order valence-electron chi connectivity index (χ2n) is 16.0. The SMILES string of the molecule is COC(=O)C[C@]1(C(C)=O)O[C@@H](C)[C@H](O[Si](C)(C)C(C)(C)C)[C@@H](O[Si](C)(C)C(C)(C)C)[C@H]1O[Si](C)(C)C(C)(C)C. The van der Waals surface area contributed by atoms with Gasteiger partial charge in [0, 0.05) is 0 Å². The lowest BCUT2D eigenvalue weighted by molar-refractivity contribution is -0.247. The van der Waals surface area contributed by atoms with E-state index in [1.165, 1.54) is 14.0 Å². The number of ketones is 1. The predicted molar refractivity (Wildman–Crippen MR) is 167 cm³/mol. The summed E-state index contributed by atoms with van der Waals surface area (Å²) in [5.74, 6) is -0.783. The van der Waals surface area contributed by atoms with Crippen molar-refractivity contribution in [1.29, 1.82) is 0 Å². The van der Waals surface area contributed by atoms with Gasteiger partial charge in [0.2, 0.25) is 0 Å². The van der Waals surface area contributed by atoms with Gasteiger partial charge in [-0.2, -0.15) is 0 Å². The minimum Gasteiger partial charge on any atom is -0.469 e. The summed E-state index contributed by atoms with van der Waals surface area (Å²) in [7, 11) is -5.86. The molecule has 0 aromatic heterocycles. The van der Waals surface area contributed by atoms with Crippen LogP contribution in [0, 0.1) is 0 Å². The molecule has 230 valence electrons. The van der Waals surface area contributed by atoms with E-state index in [2.05, 4.69) is 102 Å². The summed E-state index contributed by atoms with van der Waals surface area (Å²) in [6, 6.07) is 0. The van der Waals surface area contributed by atoms with Crippen molar-refractivity contribution in [2.75, 3.05) is 7.11 Å². The van der Waals surface area contributed by atoms with Crippen LogP contribution in [0.4, 0.5) is 0 Å². The lowest BCUT2D eigenvalue weighted by Crippen LogP contribution is -2.73. The maximum absolute atomic E-state index is 13.6. The van der Waals surface area contributed by atoms with E-state index < -0.39 is 60.9 Å². The molecule has 0 spiro atoms. The Morgan fingerprint density at radius 1 is 0.718 bits per heavy atom. The number of hydrogen-bond acceptors (Lipinski definition) is 7. The molecular weight excluding hydrogens is 545 g/mol. The first-order chi connectivity index (χ1) is 17.1. The molecule has 0 amide bonds. The Labute approximate surface area is 242 Å². The summed E-state index contributed by atoms with van der Waals surface area (Å²) < 4.78 is 33.2. The van der Waals surface area contributed by atoms with Crippen LogP contribution in [0.5, 0.6) is 0 Å². The third-order valence-electron chi connectivity index (χ3n) is 9.87. The smallest absolute Gasteiger partial charge is 0.309 e. The molecule has 1 aliphatic rings. The van der Waals surface area contributed by atoms with Gasteiger partial charge in [0.1, 0.15) is 12.2 Å². The molecule has 1 heterocycles. The standard InChI is InChI=1S/C29H60O7Si3/c1-20-23(34-37(13,14)26(3,4)5)24(35-38(15,16)27(6,7)8)25(36-39(17,18)28(9,10)11)29(33-20,21(2)30)19-22(31)32-12/h20,23-25H,19H2,1-18H3/t20-,23-,24+,25+,29+/m0/s1. The van der Waals surface area contributed by atoms with Crippen LogP contribution in [0.25, 0.3) is 0 Å². The molecule has 0 N–H and O–H groups in total. The van der Waals surface area contributed by atoms with Crippen molar-refractivity contribution < 1.29 is 32.3 Å². The molecule has 0 aliphatic carbocycles. The molecule has 1 saturated heterocycles. The highest BCUT2D eigenvalue weighted by Gasteiger charge is 2.63. The van der Waals surface area contributed by atoms with E-state index in [4.69, 9.17) is 22.8 Å². The molecule has 5 atom stereocenters. The highest BCUT2D eigenvalue weighted by Crippen LogP contribution is 2.48. The number of rotatable bonds is 9. The zero-order valence-corrected chi connectivity index (χ0v) is 31.4. The Morgan fingerprint density at radius 2 is 1.08 bits per heavy atom. The fourth-order valence-electron chi connectivity index (χ4n) is 3.99. The lowest BCUT2D eigenvalue weighted by atomic mass is 9.80. The summed E-state index contributed by atoms with van der Waals surface area (Å²) in [5, 5.41) is -0.300. The van der Waals surface area contributed by atoms with Crippen molar-refractivity contribution in [2.45, 2.75) is 167 Å². The highest BCUT2D eigenvalue weighted by molar-refractivity contribution is 6.75. The van der Waals surface area contributed by atoms with Gasteiger partial charge < -0.3 is 22.8 Å². The van der Waals surface area contributed by atoms with Crippen LogP contribution >= 0.6 is 0 Å². The molecule has 0 aromatic carbocycles. The molecule has 1 aliphatic heterocycles. The zero-order valence-electron chi connectivity index (χ0n) is 28.4. The molecule has 1 fully saturated rings. The predicted octanol–water partition coefficient (Wildman–Crippen LogP) is 7.47. The zero-order chi connectivity index (χ0) is 31.2. The number of carbonyl (C=O) groups excluding carboxylic acids is 2. The van der Waals surface area contributed by atoms with E-state index >= 15 is 0 Å². The first-order valence-corrected chi connectivity index (χ1v) is 23.1. The maximum atomic E-state index is 13.6. The lowest BCUT2D eigenvalue weighted by Gasteiger charge is -2.57. The summed E-state index contributed by atoms with van der Waals surface area (Å²) in [6.45, 7) is 36.3. The van der Waals surface area contributed by atoms with E-state index in [1.54, 1.807) is 0 Å². The second kappa shape index (κ2) is 11.7. The average molecular weight is 605 g/mol. The van der Waals surface area contributed by atoms with Crippen LogP contribution in [0.3, 0.4) is 0 Å². The molecule has 0 bridgehead atoms. The summed E-state index contributed by atoms with van der Waals surface area (Å²) in [5.41, 5.74) is -1.55. The van der Waals surface area contributed by atoms with Gasteiger partial charge >= 0.3 is 5.97 Å². The molecule has 0 unspecified atom stereocenters. The fourth-order valence-corrected chi connectivity index (χ4v) is 7.95. The van der Waals surface area contributed by atoms with Crippen molar-refractivity contribution in [1.82, 2.24) is 0 Å². The van der Waals surface area contributed by atoms with E-state index in [0.29, 0.717) is 0 Å². The number of Topliss-reactive ketones (excluding diaryl/α,β-unsaturated/α-hetero) is 1. The number of carbonyl (C=O) groups is 2. The highest BCUT2D eigenvalue weighted by atomic mass is 28.4. The topological polar surface area (TPSA) is 80.3 Å².